The van der Waals surface area contributed by atoms with Gasteiger partial charge in [-0.15, -0.1) is 0 Å². The van der Waals surface area contributed by atoms with E-state index >= 15 is 0 Å². The van der Waals surface area contributed by atoms with Crippen LogP contribution in [0.5, 0.6) is 0 Å². The lowest BCUT2D eigenvalue weighted by atomic mass is 10.4. The van der Waals surface area contributed by atoms with Crippen LogP contribution in [0.1, 0.15) is 50.5 Å². The van der Waals surface area contributed by atoms with Gasteiger partial charge in [-0.2, -0.15) is 0 Å². The molecule has 1 N–H and O–H groups in total. The maximum atomic E-state index is 9.67. The summed E-state index contributed by atoms with van der Waals surface area (Å²) in [6.07, 6.45) is 3.52. The van der Waals surface area contributed by atoms with E-state index in [0.717, 1.165) is 12.5 Å². The zero-order valence-corrected chi connectivity index (χ0v) is 4.22. The van der Waals surface area contributed by atoms with Gasteiger partial charge in [-0.05, 0) is 6.42 Å². The van der Waals surface area contributed by atoms with E-state index < -0.39 is 5.97 Å². The molecule has 0 aliphatic carbocycles. The third kappa shape index (κ3) is 60.2. The molecule has 0 heterocycles. The van der Waals surface area contributed by atoms with Crippen molar-refractivity contribution in [1.29, 1.82) is 0 Å². The first kappa shape index (κ1) is 43.1. The highest BCUT2D eigenvalue weighted by Gasteiger charge is 1.79. The summed E-state index contributed by atoms with van der Waals surface area (Å²) in [5.41, 5.74) is 0. The quantitative estimate of drug-likeness (QED) is 0.646. The maximum absolute atomic E-state index is 9.67. The minimum absolute atomic E-state index is 0. The first-order valence-corrected chi connectivity index (χ1v) is 2.17. The molecule has 0 fully saturated rings. The number of allylic oxidation sites excluding steroid dienone is 1. The van der Waals surface area contributed by atoms with Gasteiger partial charge < -0.3 is 5.11 Å². The Kier molecular flexibility index (Phi) is 114. The second kappa shape index (κ2) is 31.9. The summed E-state index contributed by atoms with van der Waals surface area (Å²) in [7, 11) is 0. The smallest absolute Gasteiger partial charge is 0.327 e. The van der Waals surface area contributed by atoms with Crippen LogP contribution in [0.25, 0.3) is 0 Å². The van der Waals surface area contributed by atoms with Gasteiger partial charge in [0.05, 0.1) is 0 Å². The van der Waals surface area contributed by atoms with Crippen molar-refractivity contribution in [2.75, 3.05) is 0 Å². The van der Waals surface area contributed by atoms with Gasteiger partial charge in [0.2, 0.25) is 0 Å². The average Bonchev–Trinajstić information content (AvgIpc) is 1.61. The Balaban J connectivity index is -0.0000000180. The predicted molar refractivity (Wildman–Crippen MR) is 60.7 cm³/mol. The zero-order chi connectivity index (χ0) is 5.70. The normalized spacial score (nSPS) is 5.75. The van der Waals surface area contributed by atoms with E-state index in [9.17, 15) is 4.79 Å². The van der Waals surface area contributed by atoms with Crippen molar-refractivity contribution in [1.82, 2.24) is 0 Å². The lowest BCUT2D eigenvalue weighted by Gasteiger charge is -1.73. The van der Waals surface area contributed by atoms with E-state index in [4.69, 9.17) is 5.11 Å². The first-order chi connectivity index (χ1) is 3.27. The minimum Gasteiger partial charge on any atom is -0.478 e. The number of aliphatic carboxylic acids is 1. The molecule has 2 heteroatoms. The van der Waals surface area contributed by atoms with E-state index in [-0.39, 0.29) is 37.1 Å². The molecule has 80 valence electrons. The summed E-state index contributed by atoms with van der Waals surface area (Å²) in [4.78, 5) is 9.67. The van der Waals surface area contributed by atoms with Crippen LogP contribution in [-0.4, -0.2) is 11.1 Å². The van der Waals surface area contributed by atoms with Crippen molar-refractivity contribution in [3.05, 3.63) is 12.2 Å². The second-order valence-electron chi connectivity index (χ2n) is 1.15. The molecular formula is C10H28O2. The standard InChI is InChI=1S/C5H8O2.5CH4/c1-2-3-4-5(6)7;;;;;/h3-4H,2H2,1H3,(H,6,7);5*1H4. The van der Waals surface area contributed by atoms with Gasteiger partial charge in [0.1, 0.15) is 0 Å². The van der Waals surface area contributed by atoms with Crippen molar-refractivity contribution in [3.63, 3.8) is 0 Å². The third-order valence-corrected chi connectivity index (χ3v) is 0.496. The predicted octanol–water partition coefficient (Wildman–Crippen LogP) is 4.22. The van der Waals surface area contributed by atoms with Crippen molar-refractivity contribution in [2.24, 2.45) is 0 Å². The van der Waals surface area contributed by atoms with Crippen molar-refractivity contribution < 1.29 is 9.90 Å². The van der Waals surface area contributed by atoms with E-state index in [2.05, 4.69) is 0 Å². The average molecular weight is 180 g/mol. The molecule has 0 aliphatic heterocycles. The fraction of sp³-hybridized carbons (Fsp3) is 0.700. The molecule has 0 aliphatic rings. The van der Waals surface area contributed by atoms with Gasteiger partial charge in [0.25, 0.3) is 0 Å². The van der Waals surface area contributed by atoms with Gasteiger partial charge in [0.15, 0.2) is 0 Å². The van der Waals surface area contributed by atoms with E-state index in [1.165, 1.54) is 0 Å². The van der Waals surface area contributed by atoms with Crippen LogP contribution in [0.15, 0.2) is 12.2 Å². The van der Waals surface area contributed by atoms with Crippen LogP contribution in [0.3, 0.4) is 0 Å². The highest BCUT2D eigenvalue weighted by Crippen LogP contribution is 1.76. The van der Waals surface area contributed by atoms with Gasteiger partial charge in [-0.1, -0.05) is 50.1 Å². The number of carboxylic acids is 1. The molecule has 0 spiro atoms. The highest BCUT2D eigenvalue weighted by atomic mass is 16.4. The molecule has 0 amide bonds. The highest BCUT2D eigenvalue weighted by molar-refractivity contribution is 5.79. The van der Waals surface area contributed by atoms with Crippen LogP contribution >= 0.6 is 0 Å². The monoisotopic (exact) mass is 180 g/mol. The van der Waals surface area contributed by atoms with Crippen LogP contribution < -0.4 is 0 Å². The van der Waals surface area contributed by atoms with E-state index in [1.54, 1.807) is 6.08 Å². The van der Waals surface area contributed by atoms with E-state index in [1.807, 2.05) is 6.92 Å². The molecule has 0 saturated heterocycles. The molecule has 0 aromatic carbocycles. The molecule has 0 radical (unpaired) electrons. The fourth-order valence-electron chi connectivity index (χ4n) is 0.219. The molecule has 0 aromatic rings. The second-order valence-corrected chi connectivity index (χ2v) is 1.15. The summed E-state index contributed by atoms with van der Waals surface area (Å²) < 4.78 is 0. The number of carboxylic acid groups (broad SMARTS) is 1. The summed E-state index contributed by atoms with van der Waals surface area (Å²) in [5.74, 6) is -0.873. The van der Waals surface area contributed by atoms with Gasteiger partial charge in [-0.3, -0.25) is 0 Å². The number of rotatable bonds is 2. The SMILES string of the molecule is C.C.C.C.C.CCC=CC(=O)O. The topological polar surface area (TPSA) is 37.3 Å². The lowest BCUT2D eigenvalue weighted by molar-refractivity contribution is -0.131. The Morgan fingerprint density at radius 3 is 1.58 bits per heavy atom. The Morgan fingerprint density at radius 2 is 1.50 bits per heavy atom. The van der Waals surface area contributed by atoms with Gasteiger partial charge in [0, 0.05) is 6.08 Å². The van der Waals surface area contributed by atoms with Crippen molar-refractivity contribution >= 4 is 5.97 Å². The Hall–Kier alpha value is -0.790. The number of hydrogen-bond acceptors (Lipinski definition) is 1. The lowest BCUT2D eigenvalue weighted by Crippen LogP contribution is -1.84. The molecule has 12 heavy (non-hydrogen) atoms. The first-order valence-electron chi connectivity index (χ1n) is 2.17. The zero-order valence-electron chi connectivity index (χ0n) is 4.22. The molecule has 2 nitrogen and oxygen atoms in total. The van der Waals surface area contributed by atoms with Gasteiger partial charge in [-0.25, -0.2) is 4.79 Å². The molecule has 0 bridgehead atoms. The summed E-state index contributed by atoms with van der Waals surface area (Å²) in [5, 5.41) is 7.96. The van der Waals surface area contributed by atoms with Crippen LogP contribution in [0.2, 0.25) is 0 Å². The molecule has 0 rings (SSSR count). The largest absolute Gasteiger partial charge is 0.478 e. The van der Waals surface area contributed by atoms with Crippen molar-refractivity contribution in [2.45, 2.75) is 50.5 Å². The Labute approximate surface area is 79.3 Å². The van der Waals surface area contributed by atoms with Crippen LogP contribution in [0, 0.1) is 0 Å². The molecule has 0 unspecified atom stereocenters. The minimum atomic E-state index is -0.873. The molecular weight excluding hydrogens is 152 g/mol. The van der Waals surface area contributed by atoms with Crippen LogP contribution in [-0.2, 0) is 4.79 Å². The number of hydrogen-bond donors (Lipinski definition) is 1. The Bertz CT molecular complexity index is 85.8. The van der Waals surface area contributed by atoms with E-state index in [0.29, 0.717) is 0 Å². The number of carbonyl (C=O) groups is 1. The van der Waals surface area contributed by atoms with Crippen LogP contribution in [0.4, 0.5) is 0 Å². The van der Waals surface area contributed by atoms with Crippen molar-refractivity contribution in [3.8, 4) is 0 Å². The summed E-state index contributed by atoms with van der Waals surface area (Å²) in [6.45, 7) is 1.89. The maximum Gasteiger partial charge on any atom is 0.327 e. The summed E-state index contributed by atoms with van der Waals surface area (Å²) >= 11 is 0. The summed E-state index contributed by atoms with van der Waals surface area (Å²) in [6, 6.07) is 0. The fourth-order valence-corrected chi connectivity index (χ4v) is 0.219. The molecule has 0 atom stereocenters. The third-order valence-electron chi connectivity index (χ3n) is 0.496. The molecule has 0 saturated carbocycles. The van der Waals surface area contributed by atoms with Gasteiger partial charge >= 0.3 is 5.97 Å². The Morgan fingerprint density at radius 1 is 1.17 bits per heavy atom. The molecule has 0 aromatic heterocycles.